The van der Waals surface area contributed by atoms with Gasteiger partial charge in [-0.1, -0.05) is 24.3 Å². The smallest absolute Gasteiger partial charge is 0.423 e. The summed E-state index contributed by atoms with van der Waals surface area (Å²) >= 11 is 0. The average molecular weight is 486 g/mol. The molecule has 34 heavy (non-hydrogen) atoms. The summed E-state index contributed by atoms with van der Waals surface area (Å²) in [7, 11) is 0. The SMILES string of the molecule is CCOc1c(F)cc(C(O)(COCc2ccc(F)c(Oc3ccccc3)c2)C(F)(F)F)cc1F. The topological polar surface area (TPSA) is 47.9 Å². The maximum Gasteiger partial charge on any atom is 0.423 e. The van der Waals surface area contributed by atoms with Crippen LogP contribution in [0.2, 0.25) is 0 Å². The Labute approximate surface area is 191 Å². The summed E-state index contributed by atoms with van der Waals surface area (Å²) < 4.78 is 98.7. The third-order valence-electron chi connectivity index (χ3n) is 4.78. The maximum absolute atomic E-state index is 14.1. The molecule has 3 rings (SSSR count). The average Bonchev–Trinajstić information content (AvgIpc) is 2.78. The number of halogens is 6. The number of ether oxygens (including phenoxy) is 3. The number of alkyl halides is 3. The van der Waals surface area contributed by atoms with Crippen LogP contribution < -0.4 is 9.47 Å². The second kappa shape index (κ2) is 10.4. The summed E-state index contributed by atoms with van der Waals surface area (Å²) in [6.07, 6.45) is -5.33. The molecule has 0 bridgehead atoms. The molecule has 0 amide bonds. The maximum atomic E-state index is 14.1. The quantitative estimate of drug-likeness (QED) is 0.363. The molecule has 4 nitrogen and oxygen atoms in total. The first-order valence-corrected chi connectivity index (χ1v) is 10.1. The minimum absolute atomic E-state index is 0.118. The lowest BCUT2D eigenvalue weighted by Gasteiger charge is -2.31. The predicted molar refractivity (Wildman–Crippen MR) is 110 cm³/mol. The van der Waals surface area contributed by atoms with E-state index in [4.69, 9.17) is 14.2 Å². The Hall–Kier alpha value is -3.24. The molecule has 0 saturated carbocycles. The van der Waals surface area contributed by atoms with E-state index in [1.807, 2.05) is 0 Å². The van der Waals surface area contributed by atoms with Gasteiger partial charge in [-0.05, 0) is 48.9 Å². The van der Waals surface area contributed by atoms with E-state index >= 15 is 0 Å². The number of hydrogen-bond donors (Lipinski definition) is 1. The van der Waals surface area contributed by atoms with Crippen LogP contribution in [0.1, 0.15) is 18.1 Å². The van der Waals surface area contributed by atoms with Gasteiger partial charge >= 0.3 is 6.18 Å². The Morgan fingerprint density at radius 1 is 0.853 bits per heavy atom. The fourth-order valence-corrected chi connectivity index (χ4v) is 3.06. The van der Waals surface area contributed by atoms with Crippen molar-refractivity contribution >= 4 is 0 Å². The number of aliphatic hydroxyl groups is 1. The van der Waals surface area contributed by atoms with Crippen molar-refractivity contribution in [2.75, 3.05) is 13.2 Å². The molecular weight excluding hydrogens is 466 g/mol. The fourth-order valence-electron chi connectivity index (χ4n) is 3.06. The highest BCUT2D eigenvalue weighted by Crippen LogP contribution is 2.41. The molecule has 3 aromatic rings. The van der Waals surface area contributed by atoms with Crippen LogP contribution >= 0.6 is 0 Å². The third-order valence-corrected chi connectivity index (χ3v) is 4.78. The normalized spacial score (nSPS) is 13.4. The lowest BCUT2D eigenvalue weighted by Crippen LogP contribution is -2.46. The molecule has 1 N–H and O–H groups in total. The zero-order valence-corrected chi connectivity index (χ0v) is 17.8. The standard InChI is InChI=1S/C24H20F6O4/c1-2-33-22-19(26)11-16(12-20(22)27)23(31,24(28,29)30)14-32-13-15-8-9-18(25)21(10-15)34-17-6-4-3-5-7-17/h3-12,31H,2,13-14H2,1H3. The van der Waals surface area contributed by atoms with Crippen molar-refractivity contribution in [2.45, 2.75) is 25.3 Å². The number of rotatable bonds is 9. The van der Waals surface area contributed by atoms with Crippen molar-refractivity contribution in [3.05, 3.63) is 89.2 Å². The van der Waals surface area contributed by atoms with Gasteiger partial charge in [0.05, 0.1) is 19.8 Å². The lowest BCUT2D eigenvalue weighted by atomic mass is 9.93. The van der Waals surface area contributed by atoms with Crippen LogP contribution in [0.5, 0.6) is 17.2 Å². The van der Waals surface area contributed by atoms with Gasteiger partial charge in [-0.15, -0.1) is 0 Å². The van der Waals surface area contributed by atoms with Crippen molar-refractivity contribution in [1.29, 1.82) is 0 Å². The van der Waals surface area contributed by atoms with Crippen LogP contribution in [-0.4, -0.2) is 24.5 Å². The van der Waals surface area contributed by atoms with Crippen molar-refractivity contribution in [1.82, 2.24) is 0 Å². The molecule has 182 valence electrons. The van der Waals surface area contributed by atoms with Gasteiger partial charge in [0, 0.05) is 5.56 Å². The van der Waals surface area contributed by atoms with Crippen LogP contribution in [0.25, 0.3) is 0 Å². The van der Waals surface area contributed by atoms with Crippen LogP contribution in [0, 0.1) is 17.5 Å². The van der Waals surface area contributed by atoms with Crippen LogP contribution in [0.4, 0.5) is 26.3 Å². The molecule has 0 radical (unpaired) electrons. The van der Waals surface area contributed by atoms with Crippen molar-refractivity contribution < 1.29 is 45.7 Å². The zero-order valence-electron chi connectivity index (χ0n) is 17.8. The summed E-state index contributed by atoms with van der Waals surface area (Å²) in [6, 6.07) is 12.5. The van der Waals surface area contributed by atoms with E-state index < -0.39 is 53.8 Å². The molecule has 0 aliphatic rings. The molecule has 0 aliphatic heterocycles. The van der Waals surface area contributed by atoms with E-state index in [1.54, 1.807) is 30.3 Å². The second-order valence-corrected chi connectivity index (χ2v) is 7.23. The van der Waals surface area contributed by atoms with E-state index in [9.17, 15) is 31.4 Å². The molecule has 0 aromatic heterocycles. The summed E-state index contributed by atoms with van der Waals surface area (Å²) in [4.78, 5) is 0. The molecule has 1 unspecified atom stereocenters. The largest absolute Gasteiger partial charge is 0.488 e. The van der Waals surface area contributed by atoms with E-state index in [0.717, 1.165) is 6.07 Å². The minimum Gasteiger partial charge on any atom is -0.488 e. The van der Waals surface area contributed by atoms with E-state index in [2.05, 4.69) is 0 Å². The number of benzene rings is 3. The monoisotopic (exact) mass is 486 g/mol. The second-order valence-electron chi connectivity index (χ2n) is 7.23. The molecule has 0 fully saturated rings. The van der Waals surface area contributed by atoms with Gasteiger partial charge in [0.25, 0.3) is 0 Å². The van der Waals surface area contributed by atoms with Crippen molar-refractivity contribution in [3.8, 4) is 17.2 Å². The van der Waals surface area contributed by atoms with Gasteiger partial charge in [0.15, 0.2) is 29.0 Å². The Balaban J connectivity index is 1.79. The van der Waals surface area contributed by atoms with Crippen LogP contribution in [0.3, 0.4) is 0 Å². The first-order valence-electron chi connectivity index (χ1n) is 10.1. The molecule has 0 aliphatic carbocycles. The Kier molecular flexibility index (Phi) is 7.73. The summed E-state index contributed by atoms with van der Waals surface area (Å²) in [5.41, 5.74) is -4.57. The highest BCUT2D eigenvalue weighted by Gasteiger charge is 2.56. The first kappa shape index (κ1) is 25.4. The van der Waals surface area contributed by atoms with E-state index in [-0.39, 0.29) is 17.9 Å². The highest BCUT2D eigenvalue weighted by molar-refractivity contribution is 5.36. The van der Waals surface area contributed by atoms with Crippen LogP contribution in [0.15, 0.2) is 60.7 Å². The molecule has 3 aromatic carbocycles. The van der Waals surface area contributed by atoms with Gasteiger partial charge in [-0.25, -0.2) is 13.2 Å². The number of hydrogen-bond acceptors (Lipinski definition) is 4. The predicted octanol–water partition coefficient (Wildman–Crippen LogP) is 6.26. The molecular formula is C24H20F6O4. The molecule has 10 heteroatoms. The van der Waals surface area contributed by atoms with Gasteiger partial charge in [0.2, 0.25) is 5.60 Å². The summed E-state index contributed by atoms with van der Waals surface area (Å²) in [6.45, 7) is -0.534. The Morgan fingerprint density at radius 2 is 1.50 bits per heavy atom. The molecule has 1 atom stereocenters. The Morgan fingerprint density at radius 3 is 2.09 bits per heavy atom. The zero-order chi connectivity index (χ0) is 24.9. The number of para-hydroxylation sites is 1. The van der Waals surface area contributed by atoms with Crippen molar-refractivity contribution in [2.24, 2.45) is 0 Å². The summed E-state index contributed by atoms with van der Waals surface area (Å²) in [5, 5.41) is 10.4. The molecule has 0 saturated heterocycles. The Bertz CT molecular complexity index is 1100. The van der Waals surface area contributed by atoms with E-state index in [0.29, 0.717) is 17.9 Å². The van der Waals surface area contributed by atoms with Crippen molar-refractivity contribution in [3.63, 3.8) is 0 Å². The highest BCUT2D eigenvalue weighted by atomic mass is 19.4. The first-order chi connectivity index (χ1) is 16.0. The lowest BCUT2D eigenvalue weighted by molar-refractivity contribution is -0.283. The fraction of sp³-hybridized carbons (Fsp3) is 0.250. The minimum atomic E-state index is -5.33. The van der Waals surface area contributed by atoms with E-state index in [1.165, 1.54) is 19.1 Å². The summed E-state index contributed by atoms with van der Waals surface area (Å²) in [5.74, 6) is -4.21. The van der Waals surface area contributed by atoms with Gasteiger partial charge < -0.3 is 19.3 Å². The molecule has 0 heterocycles. The molecule has 0 spiro atoms. The van der Waals surface area contributed by atoms with Crippen LogP contribution in [-0.2, 0) is 16.9 Å². The third kappa shape index (κ3) is 5.63. The van der Waals surface area contributed by atoms with Gasteiger partial charge in [-0.3, -0.25) is 0 Å². The van der Waals surface area contributed by atoms with Gasteiger partial charge in [-0.2, -0.15) is 13.2 Å². The van der Waals surface area contributed by atoms with Gasteiger partial charge in [0.1, 0.15) is 5.75 Å².